The second-order valence-electron chi connectivity index (χ2n) is 10.3. The molecular weight excluding hydrogens is 540 g/mol. The third-order valence-electron chi connectivity index (χ3n) is 7.46. The molecule has 0 aliphatic rings. The van der Waals surface area contributed by atoms with Gasteiger partial charge in [-0.3, -0.25) is 9.97 Å². The minimum atomic E-state index is 0.0852. The molecule has 0 fully saturated rings. The minimum absolute atomic E-state index is 0.0852. The van der Waals surface area contributed by atoms with E-state index in [1.807, 2.05) is 46.6 Å². The highest BCUT2D eigenvalue weighted by molar-refractivity contribution is 5.93. The summed E-state index contributed by atoms with van der Waals surface area (Å²) in [5.74, 6) is 0. The van der Waals surface area contributed by atoms with Crippen LogP contribution < -0.4 is 10.6 Å². The number of nitrogens with one attached hydrogen (secondary N) is 2. The van der Waals surface area contributed by atoms with Crippen LogP contribution in [0, 0.1) is 6.92 Å². The predicted octanol–water partition coefficient (Wildman–Crippen LogP) is 3.97. The molecule has 5 aromatic rings. The fraction of sp³-hybridized carbons (Fsp3) is 0.273. The van der Waals surface area contributed by atoms with Crippen molar-refractivity contribution in [3.8, 4) is 11.3 Å². The summed E-state index contributed by atoms with van der Waals surface area (Å²) in [6.45, 7) is 12.8. The third kappa shape index (κ3) is 6.47. The van der Waals surface area contributed by atoms with E-state index in [4.69, 9.17) is 20.2 Å². The number of fused-ring (bicyclic) bond motifs is 2. The Bertz CT molecular complexity index is 1810. The Labute approximate surface area is 251 Å². The molecule has 0 atom stereocenters. The standard InChI is InChI=1S/C33H38N8O2/c1-5-26(22(3)27(6-2)30-20-40-18-24(14-34-10-12-42)36-16-32(40)38-30)28-8-7-9-29(23(28)4)31-21-41-19-25(15-35-11-13-43)37-17-33(41)39-31/h5-9,16-21,34-35,42-43H,2,10-15H2,1,3-4H3/b26-5+,27-22+. The van der Waals surface area contributed by atoms with Crippen molar-refractivity contribution in [1.29, 1.82) is 0 Å². The van der Waals surface area contributed by atoms with Crippen LogP contribution in [0.1, 0.15) is 42.1 Å². The second-order valence-corrected chi connectivity index (χ2v) is 10.3. The summed E-state index contributed by atoms with van der Waals surface area (Å²) in [4.78, 5) is 18.7. The van der Waals surface area contributed by atoms with Gasteiger partial charge >= 0.3 is 0 Å². The van der Waals surface area contributed by atoms with E-state index in [1.54, 1.807) is 12.4 Å². The van der Waals surface area contributed by atoms with E-state index in [1.165, 1.54) is 0 Å². The molecule has 10 heteroatoms. The van der Waals surface area contributed by atoms with Crippen LogP contribution >= 0.6 is 0 Å². The van der Waals surface area contributed by atoms with Crippen LogP contribution in [0.3, 0.4) is 0 Å². The zero-order valence-corrected chi connectivity index (χ0v) is 24.9. The Morgan fingerprint density at radius 1 is 0.907 bits per heavy atom. The SMILES string of the molecule is C=C/C(=C(C)\C(=C/C)c1cccc(-c2cn3cc(CNCCO)ncc3n2)c1C)c1cn2cc(CNCCO)ncc2n1. The minimum Gasteiger partial charge on any atom is -0.395 e. The quantitative estimate of drug-likeness (QED) is 0.122. The van der Waals surface area contributed by atoms with Gasteiger partial charge in [-0.15, -0.1) is 0 Å². The maximum absolute atomic E-state index is 9.04. The molecule has 222 valence electrons. The number of imidazole rings is 2. The lowest BCUT2D eigenvalue weighted by atomic mass is 9.88. The molecule has 0 unspecified atom stereocenters. The second kappa shape index (κ2) is 13.7. The van der Waals surface area contributed by atoms with Crippen LogP contribution in [0.5, 0.6) is 0 Å². The number of aromatic nitrogens is 6. The average Bonchev–Trinajstić information content (AvgIpc) is 3.62. The molecule has 0 aliphatic heterocycles. The van der Waals surface area contributed by atoms with Gasteiger partial charge in [0.05, 0.1) is 48.4 Å². The van der Waals surface area contributed by atoms with Gasteiger partial charge in [0.25, 0.3) is 0 Å². The Morgan fingerprint density at radius 2 is 1.53 bits per heavy atom. The molecule has 0 radical (unpaired) electrons. The van der Waals surface area contributed by atoms with E-state index in [2.05, 4.69) is 65.3 Å². The molecule has 0 bridgehead atoms. The van der Waals surface area contributed by atoms with Crippen molar-refractivity contribution in [3.63, 3.8) is 0 Å². The van der Waals surface area contributed by atoms with Gasteiger partial charge in [0.1, 0.15) is 0 Å². The van der Waals surface area contributed by atoms with Crippen molar-refractivity contribution in [3.05, 3.63) is 108 Å². The first-order valence-corrected chi connectivity index (χ1v) is 14.4. The van der Waals surface area contributed by atoms with Crippen LogP contribution in [-0.2, 0) is 13.1 Å². The van der Waals surface area contributed by atoms with Crippen molar-refractivity contribution < 1.29 is 10.2 Å². The first-order valence-electron chi connectivity index (χ1n) is 14.4. The number of rotatable bonds is 13. The Balaban J connectivity index is 1.47. The summed E-state index contributed by atoms with van der Waals surface area (Å²) >= 11 is 0. The molecular formula is C33H38N8O2. The van der Waals surface area contributed by atoms with Gasteiger partial charge in [0, 0.05) is 62.1 Å². The Hall–Kier alpha value is -4.48. The highest BCUT2D eigenvalue weighted by Crippen LogP contribution is 2.35. The summed E-state index contributed by atoms with van der Waals surface area (Å²) in [5.41, 5.74) is 11.4. The zero-order valence-electron chi connectivity index (χ0n) is 24.9. The maximum atomic E-state index is 9.04. The summed E-state index contributed by atoms with van der Waals surface area (Å²) in [6.07, 6.45) is 15.5. The molecule has 1 aromatic carbocycles. The molecule has 4 aromatic heterocycles. The summed E-state index contributed by atoms with van der Waals surface area (Å²) in [6, 6.07) is 6.30. The van der Waals surface area contributed by atoms with E-state index in [-0.39, 0.29) is 13.2 Å². The first-order chi connectivity index (χ1) is 21.0. The monoisotopic (exact) mass is 578 g/mol. The molecule has 0 spiro atoms. The molecule has 0 saturated carbocycles. The number of hydrogen-bond donors (Lipinski definition) is 4. The van der Waals surface area contributed by atoms with Gasteiger partial charge in [-0.2, -0.15) is 0 Å². The molecule has 4 heterocycles. The number of benzene rings is 1. The average molecular weight is 579 g/mol. The van der Waals surface area contributed by atoms with Gasteiger partial charge in [0.15, 0.2) is 11.3 Å². The first kappa shape index (κ1) is 30.0. The van der Waals surface area contributed by atoms with Crippen LogP contribution in [0.2, 0.25) is 0 Å². The van der Waals surface area contributed by atoms with Crippen molar-refractivity contribution in [2.24, 2.45) is 0 Å². The summed E-state index contributed by atoms with van der Waals surface area (Å²) in [7, 11) is 0. The third-order valence-corrected chi connectivity index (χ3v) is 7.46. The highest BCUT2D eigenvalue weighted by atomic mass is 16.3. The highest BCUT2D eigenvalue weighted by Gasteiger charge is 2.17. The number of hydrogen-bond acceptors (Lipinski definition) is 8. The fourth-order valence-electron chi connectivity index (χ4n) is 5.29. The molecule has 0 aliphatic carbocycles. The predicted molar refractivity (Wildman–Crippen MR) is 170 cm³/mol. The van der Waals surface area contributed by atoms with Gasteiger partial charge in [-0.05, 0) is 43.0 Å². The Morgan fingerprint density at radius 3 is 2.14 bits per heavy atom. The van der Waals surface area contributed by atoms with Crippen molar-refractivity contribution in [1.82, 2.24) is 39.4 Å². The lowest BCUT2D eigenvalue weighted by Crippen LogP contribution is -2.18. The van der Waals surface area contributed by atoms with E-state index in [0.29, 0.717) is 26.2 Å². The number of aliphatic hydroxyl groups is 2. The lowest BCUT2D eigenvalue weighted by molar-refractivity contribution is 0.291. The maximum Gasteiger partial charge on any atom is 0.155 e. The van der Waals surface area contributed by atoms with Crippen LogP contribution in [0.4, 0.5) is 0 Å². The van der Waals surface area contributed by atoms with Gasteiger partial charge in [-0.25, -0.2) is 9.97 Å². The number of aliphatic hydroxyl groups excluding tert-OH is 2. The summed E-state index contributed by atoms with van der Waals surface area (Å²) < 4.78 is 3.97. The molecule has 10 nitrogen and oxygen atoms in total. The number of nitrogens with zero attached hydrogens (tertiary/aromatic N) is 6. The summed E-state index contributed by atoms with van der Waals surface area (Å²) in [5, 5.41) is 24.4. The Kier molecular flexibility index (Phi) is 9.53. The van der Waals surface area contributed by atoms with E-state index in [0.717, 1.165) is 67.5 Å². The van der Waals surface area contributed by atoms with E-state index >= 15 is 0 Å². The van der Waals surface area contributed by atoms with Gasteiger partial charge in [-0.1, -0.05) is 36.9 Å². The van der Waals surface area contributed by atoms with Gasteiger partial charge < -0.3 is 29.6 Å². The van der Waals surface area contributed by atoms with Gasteiger partial charge in [0.2, 0.25) is 0 Å². The zero-order chi connectivity index (χ0) is 30.3. The fourth-order valence-corrected chi connectivity index (χ4v) is 5.29. The van der Waals surface area contributed by atoms with Crippen LogP contribution in [0.15, 0.2) is 79.7 Å². The largest absolute Gasteiger partial charge is 0.395 e. The molecule has 0 amide bonds. The van der Waals surface area contributed by atoms with Crippen molar-refractivity contribution >= 4 is 22.4 Å². The topological polar surface area (TPSA) is 125 Å². The van der Waals surface area contributed by atoms with Crippen molar-refractivity contribution in [2.75, 3.05) is 26.3 Å². The normalized spacial score (nSPS) is 12.7. The molecule has 4 N–H and O–H groups in total. The molecule has 0 saturated heterocycles. The number of allylic oxidation sites excluding steroid dienone is 5. The lowest BCUT2D eigenvalue weighted by Gasteiger charge is -2.16. The molecule has 5 rings (SSSR count). The van der Waals surface area contributed by atoms with E-state index in [9.17, 15) is 0 Å². The van der Waals surface area contributed by atoms with Crippen LogP contribution in [-0.4, -0.2) is 65.3 Å². The smallest absolute Gasteiger partial charge is 0.155 e. The van der Waals surface area contributed by atoms with Crippen molar-refractivity contribution in [2.45, 2.75) is 33.9 Å². The van der Waals surface area contributed by atoms with Crippen LogP contribution in [0.25, 0.3) is 33.7 Å². The van der Waals surface area contributed by atoms with E-state index < -0.39 is 0 Å². The molecule has 43 heavy (non-hydrogen) atoms.